The van der Waals surface area contributed by atoms with Gasteiger partial charge in [0.15, 0.2) is 0 Å². The number of carbonyl (C=O) groups excluding carboxylic acids is 1. The third-order valence-electron chi connectivity index (χ3n) is 6.23. The maximum Gasteiger partial charge on any atom is 0.253 e. The first-order chi connectivity index (χ1) is 13.9. The Morgan fingerprint density at radius 3 is 2.55 bits per heavy atom. The van der Waals surface area contributed by atoms with E-state index in [9.17, 15) is 13.6 Å². The van der Waals surface area contributed by atoms with Gasteiger partial charge in [-0.3, -0.25) is 9.69 Å². The van der Waals surface area contributed by atoms with Crippen molar-refractivity contribution in [2.24, 2.45) is 0 Å². The fourth-order valence-electron chi connectivity index (χ4n) is 4.49. The van der Waals surface area contributed by atoms with E-state index in [1.165, 1.54) is 6.07 Å². The van der Waals surface area contributed by atoms with Crippen LogP contribution in [0.3, 0.4) is 0 Å². The monoisotopic (exact) mass is 401 g/mol. The van der Waals surface area contributed by atoms with Crippen molar-refractivity contribution < 1.29 is 18.7 Å². The Labute approximate surface area is 169 Å². The van der Waals surface area contributed by atoms with Gasteiger partial charge < -0.3 is 10.0 Å². The van der Waals surface area contributed by atoms with Crippen LogP contribution >= 0.6 is 0 Å². The van der Waals surface area contributed by atoms with Gasteiger partial charge in [0.1, 0.15) is 12.0 Å². The lowest BCUT2D eigenvalue weighted by Crippen LogP contribution is -2.49. The van der Waals surface area contributed by atoms with E-state index in [-0.39, 0.29) is 30.2 Å². The molecule has 154 valence electrons. The minimum absolute atomic E-state index is 0.00944. The predicted molar refractivity (Wildman–Crippen MR) is 108 cm³/mol. The summed E-state index contributed by atoms with van der Waals surface area (Å²) in [6.45, 7) is 3.64. The van der Waals surface area contributed by atoms with Gasteiger partial charge >= 0.3 is 0 Å². The summed E-state index contributed by atoms with van der Waals surface area (Å²) in [7, 11) is 0. The van der Waals surface area contributed by atoms with Gasteiger partial charge in [-0.2, -0.15) is 0 Å². The van der Waals surface area contributed by atoms with E-state index < -0.39 is 6.17 Å². The Morgan fingerprint density at radius 2 is 1.86 bits per heavy atom. The zero-order valence-corrected chi connectivity index (χ0v) is 16.6. The number of piperidine rings is 1. The molecule has 4 nitrogen and oxygen atoms in total. The average molecular weight is 401 g/mol. The molecule has 0 radical (unpaired) electrons. The van der Waals surface area contributed by atoms with Crippen molar-refractivity contribution in [1.82, 2.24) is 9.80 Å². The second-order valence-electron chi connectivity index (χ2n) is 8.18. The van der Waals surface area contributed by atoms with Gasteiger partial charge in [-0.15, -0.1) is 0 Å². The Hall–Kier alpha value is -2.47. The van der Waals surface area contributed by atoms with E-state index in [2.05, 4.69) is 0 Å². The van der Waals surface area contributed by atoms with Crippen LogP contribution in [-0.2, 0) is 11.3 Å². The van der Waals surface area contributed by atoms with Gasteiger partial charge in [0.05, 0.1) is 6.04 Å². The zero-order valence-electron chi connectivity index (χ0n) is 16.6. The molecule has 3 atom stereocenters. The van der Waals surface area contributed by atoms with E-state index in [0.29, 0.717) is 43.8 Å². The number of halogens is 2. The minimum Gasteiger partial charge on any atom is -0.593 e. The molecule has 6 heteroatoms. The molecule has 2 fully saturated rings. The van der Waals surface area contributed by atoms with Crippen LogP contribution in [-0.4, -0.2) is 52.7 Å². The van der Waals surface area contributed by atoms with Crippen molar-refractivity contribution in [3.8, 4) is 5.75 Å². The summed E-state index contributed by atoms with van der Waals surface area (Å²) in [5, 5.41) is 7.58. The normalized spacial score (nSPS) is 25.6. The predicted octanol–water partition coefficient (Wildman–Crippen LogP) is 3.50. The van der Waals surface area contributed by atoms with Gasteiger partial charge in [0.25, 0.3) is 5.75 Å². The van der Waals surface area contributed by atoms with Crippen LogP contribution in [0.4, 0.5) is 8.78 Å². The summed E-state index contributed by atoms with van der Waals surface area (Å²) in [4.78, 5) is 16.6. The van der Waals surface area contributed by atoms with Crippen molar-refractivity contribution in [1.29, 1.82) is 0 Å². The van der Waals surface area contributed by atoms with Crippen molar-refractivity contribution in [3.05, 3.63) is 65.0 Å². The third-order valence-corrected chi connectivity index (χ3v) is 6.23. The number of alkyl halides is 1. The first-order valence-electron chi connectivity index (χ1n) is 10.2. The van der Waals surface area contributed by atoms with E-state index >= 15 is 0 Å². The molecule has 1 amide bonds. The molecular formula is C23H27F2N2O2+. The van der Waals surface area contributed by atoms with Crippen LogP contribution in [0.15, 0.2) is 42.5 Å². The standard InChI is InChI=1S/C23H26F2N2O2/c1-15-2-3-16(12-20(15)24)13-27-11-9-22(23(27)29)26-10-8-19(21(25)14-26)17-4-6-18(28)7-5-17/h2-7,12,19,21-22,28H,8-11,13-14H2,1H3/p+1/t19-,21+,22+/m0/s1. The van der Waals surface area contributed by atoms with Crippen molar-refractivity contribution in [3.63, 3.8) is 0 Å². The summed E-state index contributed by atoms with van der Waals surface area (Å²) < 4.78 is 28.7. The molecule has 2 aromatic rings. The number of amides is 1. The Morgan fingerprint density at radius 1 is 1.10 bits per heavy atom. The summed E-state index contributed by atoms with van der Waals surface area (Å²) in [5.41, 5.74) is 2.30. The molecule has 0 bridgehead atoms. The van der Waals surface area contributed by atoms with Crippen LogP contribution in [0.5, 0.6) is 5.75 Å². The lowest BCUT2D eigenvalue weighted by molar-refractivity contribution is -0.133. The molecule has 29 heavy (non-hydrogen) atoms. The maximum atomic E-state index is 14.9. The molecule has 2 aliphatic rings. The molecule has 4 rings (SSSR count). The molecule has 2 aromatic carbocycles. The molecular weight excluding hydrogens is 374 g/mol. The smallest absolute Gasteiger partial charge is 0.253 e. The quantitative estimate of drug-likeness (QED) is 0.736. The average Bonchev–Trinajstić information content (AvgIpc) is 3.06. The van der Waals surface area contributed by atoms with Gasteiger partial charge in [0.2, 0.25) is 5.91 Å². The lowest BCUT2D eigenvalue weighted by atomic mass is 9.87. The van der Waals surface area contributed by atoms with Crippen LogP contribution in [0, 0.1) is 12.7 Å². The number of benzene rings is 2. The molecule has 0 spiro atoms. The zero-order chi connectivity index (χ0) is 20.5. The van der Waals surface area contributed by atoms with Gasteiger partial charge in [0, 0.05) is 37.7 Å². The molecule has 2 aliphatic heterocycles. The molecule has 0 unspecified atom stereocenters. The van der Waals surface area contributed by atoms with Crippen molar-refractivity contribution in [2.75, 3.05) is 19.6 Å². The van der Waals surface area contributed by atoms with Crippen LogP contribution in [0.1, 0.15) is 35.4 Å². The highest BCUT2D eigenvalue weighted by molar-refractivity contribution is 5.84. The highest BCUT2D eigenvalue weighted by Crippen LogP contribution is 2.33. The van der Waals surface area contributed by atoms with Crippen LogP contribution in [0.2, 0.25) is 0 Å². The van der Waals surface area contributed by atoms with Gasteiger partial charge in [-0.1, -0.05) is 12.1 Å². The Bertz CT molecular complexity index is 887. The fourth-order valence-corrected chi connectivity index (χ4v) is 4.49. The van der Waals surface area contributed by atoms with Gasteiger partial charge in [-0.05, 0) is 61.2 Å². The molecule has 0 aromatic heterocycles. The summed E-state index contributed by atoms with van der Waals surface area (Å²) in [6, 6.07) is 11.8. The number of carbonyl (C=O) groups is 1. The third kappa shape index (κ3) is 4.13. The molecule has 2 saturated heterocycles. The number of aryl methyl sites for hydroxylation is 1. The van der Waals surface area contributed by atoms with E-state index in [1.54, 1.807) is 30.0 Å². The number of rotatable bonds is 4. The second kappa shape index (κ2) is 8.11. The van der Waals surface area contributed by atoms with E-state index in [4.69, 9.17) is 5.11 Å². The lowest BCUT2D eigenvalue weighted by Gasteiger charge is -2.37. The van der Waals surface area contributed by atoms with E-state index in [0.717, 1.165) is 11.1 Å². The number of hydrogen-bond acceptors (Lipinski definition) is 2. The van der Waals surface area contributed by atoms with E-state index in [1.807, 2.05) is 23.1 Å². The van der Waals surface area contributed by atoms with Crippen LogP contribution in [0.25, 0.3) is 0 Å². The van der Waals surface area contributed by atoms with Crippen molar-refractivity contribution in [2.45, 2.75) is 44.4 Å². The molecule has 2 heterocycles. The largest absolute Gasteiger partial charge is 0.593 e. The Balaban J connectivity index is 1.38. The van der Waals surface area contributed by atoms with Crippen molar-refractivity contribution >= 4 is 5.91 Å². The number of hydrogen-bond donors (Lipinski definition) is 0. The fraction of sp³-hybridized carbons (Fsp3) is 0.435. The topological polar surface area (TPSA) is 46.5 Å². The van der Waals surface area contributed by atoms with Crippen LogP contribution < -0.4 is 0 Å². The molecule has 2 N–H and O–H groups in total. The minimum atomic E-state index is -1.03. The molecule has 0 saturated carbocycles. The maximum absolute atomic E-state index is 14.9. The highest BCUT2D eigenvalue weighted by Gasteiger charge is 2.40. The first kappa shape index (κ1) is 19.8. The summed E-state index contributed by atoms with van der Waals surface area (Å²) in [6.07, 6.45) is 0.303. The number of likely N-dealkylation sites (tertiary alicyclic amines) is 2. The Kier molecular flexibility index (Phi) is 5.54. The first-order valence-corrected chi connectivity index (χ1v) is 10.2. The highest BCUT2D eigenvalue weighted by atomic mass is 19.1. The second-order valence-corrected chi connectivity index (χ2v) is 8.18. The summed E-state index contributed by atoms with van der Waals surface area (Å²) in [5.74, 6) is -0.0108. The summed E-state index contributed by atoms with van der Waals surface area (Å²) >= 11 is 0. The number of nitrogens with zero attached hydrogens (tertiary/aromatic N) is 2. The SMILES string of the molecule is Cc1ccc(CN2CC[C@@H](N3CC[C@@H](c4ccc([OH2+])cc4)[C@H](F)C3)C2=O)cc1F. The van der Waals surface area contributed by atoms with Gasteiger partial charge in [-0.25, -0.2) is 8.78 Å². The molecule has 0 aliphatic carbocycles.